The first kappa shape index (κ1) is 13.3. The molecular formula is C15H11BrClN3. The van der Waals surface area contributed by atoms with Gasteiger partial charge < -0.3 is 5.73 Å². The Bertz CT molecular complexity index is 818. The Kier molecular flexibility index (Phi) is 3.36. The molecule has 1 heterocycles. The molecule has 0 bridgehead atoms. The van der Waals surface area contributed by atoms with Gasteiger partial charge in [0, 0.05) is 15.4 Å². The van der Waals surface area contributed by atoms with Crippen LogP contribution in [0.1, 0.15) is 5.56 Å². The number of benzene rings is 2. The van der Waals surface area contributed by atoms with E-state index < -0.39 is 0 Å². The van der Waals surface area contributed by atoms with E-state index >= 15 is 0 Å². The Morgan fingerprint density at radius 3 is 2.75 bits per heavy atom. The van der Waals surface area contributed by atoms with Gasteiger partial charge in [-0.15, -0.1) is 0 Å². The minimum Gasteiger partial charge on any atom is -0.383 e. The quantitative estimate of drug-likeness (QED) is 0.699. The second-order valence-corrected chi connectivity index (χ2v) is 5.85. The smallest absolute Gasteiger partial charge is 0.163 e. The van der Waals surface area contributed by atoms with Crippen LogP contribution in [0, 0.1) is 6.92 Å². The molecule has 1 aromatic heterocycles. The monoisotopic (exact) mass is 347 g/mol. The van der Waals surface area contributed by atoms with E-state index in [4.69, 9.17) is 17.3 Å². The van der Waals surface area contributed by atoms with E-state index in [-0.39, 0.29) is 0 Å². The van der Waals surface area contributed by atoms with Crippen molar-refractivity contribution in [3.8, 4) is 11.4 Å². The molecule has 0 unspecified atom stereocenters. The lowest BCUT2D eigenvalue weighted by molar-refractivity contribution is 1.23. The van der Waals surface area contributed by atoms with Crippen molar-refractivity contribution < 1.29 is 0 Å². The summed E-state index contributed by atoms with van der Waals surface area (Å²) in [4.78, 5) is 8.97. The zero-order chi connectivity index (χ0) is 14.3. The van der Waals surface area contributed by atoms with E-state index in [1.807, 2.05) is 37.3 Å². The fourth-order valence-corrected chi connectivity index (χ4v) is 2.74. The van der Waals surface area contributed by atoms with Crippen molar-refractivity contribution in [1.82, 2.24) is 9.97 Å². The summed E-state index contributed by atoms with van der Waals surface area (Å²) >= 11 is 9.65. The number of anilines is 1. The standard InChI is InChI=1S/C15H11BrClN3/c1-8-3-2-4-12-13(8)14(18)20-15(19-12)10-7-9(16)5-6-11(10)17/h2-7H,1H3,(H2,18,19,20). The van der Waals surface area contributed by atoms with Crippen LogP contribution >= 0.6 is 27.5 Å². The number of halogens is 2. The van der Waals surface area contributed by atoms with Crippen molar-refractivity contribution in [2.24, 2.45) is 0 Å². The highest BCUT2D eigenvalue weighted by molar-refractivity contribution is 9.10. The first-order valence-corrected chi connectivity index (χ1v) is 7.21. The molecule has 5 heteroatoms. The van der Waals surface area contributed by atoms with Crippen molar-refractivity contribution in [3.05, 3.63) is 51.5 Å². The van der Waals surface area contributed by atoms with E-state index in [2.05, 4.69) is 25.9 Å². The predicted molar refractivity (Wildman–Crippen MR) is 86.8 cm³/mol. The fraction of sp³-hybridized carbons (Fsp3) is 0.0667. The molecule has 0 aliphatic heterocycles. The van der Waals surface area contributed by atoms with Crippen molar-refractivity contribution in [2.75, 3.05) is 5.73 Å². The number of hydrogen-bond acceptors (Lipinski definition) is 3. The van der Waals surface area contributed by atoms with E-state index in [0.717, 1.165) is 26.5 Å². The second kappa shape index (κ2) is 5.04. The van der Waals surface area contributed by atoms with Crippen LogP contribution in [0.15, 0.2) is 40.9 Å². The van der Waals surface area contributed by atoms with E-state index in [9.17, 15) is 0 Å². The topological polar surface area (TPSA) is 51.8 Å². The number of nitrogens with zero attached hydrogens (tertiary/aromatic N) is 2. The number of hydrogen-bond donors (Lipinski definition) is 1. The van der Waals surface area contributed by atoms with Gasteiger partial charge in [0.15, 0.2) is 5.82 Å². The number of rotatable bonds is 1. The second-order valence-electron chi connectivity index (χ2n) is 4.53. The summed E-state index contributed by atoms with van der Waals surface area (Å²) < 4.78 is 0.920. The molecule has 0 saturated heterocycles. The lowest BCUT2D eigenvalue weighted by Crippen LogP contribution is -1.99. The van der Waals surface area contributed by atoms with Crippen LogP contribution in [-0.4, -0.2) is 9.97 Å². The summed E-state index contributed by atoms with van der Waals surface area (Å²) in [6.45, 7) is 1.99. The summed E-state index contributed by atoms with van der Waals surface area (Å²) in [5.41, 5.74) is 8.72. The van der Waals surface area contributed by atoms with Crippen molar-refractivity contribution in [1.29, 1.82) is 0 Å². The third-order valence-electron chi connectivity index (χ3n) is 3.13. The summed E-state index contributed by atoms with van der Waals surface area (Å²) in [6, 6.07) is 11.4. The number of aryl methyl sites for hydroxylation is 1. The first-order chi connectivity index (χ1) is 9.56. The Morgan fingerprint density at radius 2 is 1.95 bits per heavy atom. The molecule has 0 atom stereocenters. The molecule has 0 saturated carbocycles. The van der Waals surface area contributed by atoms with Crippen LogP contribution in [0.25, 0.3) is 22.3 Å². The SMILES string of the molecule is Cc1cccc2nc(-c3cc(Br)ccc3Cl)nc(N)c12. The molecule has 100 valence electrons. The maximum atomic E-state index is 6.22. The van der Waals surface area contributed by atoms with Crippen molar-refractivity contribution in [2.45, 2.75) is 6.92 Å². The largest absolute Gasteiger partial charge is 0.383 e. The zero-order valence-electron chi connectivity index (χ0n) is 10.7. The van der Waals surface area contributed by atoms with Gasteiger partial charge in [0.25, 0.3) is 0 Å². The molecule has 0 amide bonds. The van der Waals surface area contributed by atoms with Gasteiger partial charge in [0.05, 0.1) is 10.5 Å². The van der Waals surface area contributed by atoms with Crippen molar-refractivity contribution >= 4 is 44.3 Å². The third kappa shape index (κ3) is 2.25. The molecule has 0 aliphatic carbocycles. The average molecular weight is 349 g/mol. The van der Waals surface area contributed by atoms with Gasteiger partial charge in [-0.2, -0.15) is 0 Å². The maximum absolute atomic E-state index is 6.22. The molecule has 3 nitrogen and oxygen atoms in total. The van der Waals surface area contributed by atoms with Gasteiger partial charge >= 0.3 is 0 Å². The molecule has 0 aliphatic rings. The van der Waals surface area contributed by atoms with Crippen LogP contribution in [0.2, 0.25) is 5.02 Å². The van der Waals surface area contributed by atoms with E-state index in [1.165, 1.54) is 0 Å². The normalized spacial score (nSPS) is 10.9. The van der Waals surface area contributed by atoms with Gasteiger partial charge in [0.2, 0.25) is 0 Å². The Balaban J connectivity index is 2.30. The molecule has 0 radical (unpaired) electrons. The summed E-state index contributed by atoms with van der Waals surface area (Å²) in [6.07, 6.45) is 0. The van der Waals surface area contributed by atoms with Crippen molar-refractivity contribution in [3.63, 3.8) is 0 Å². The van der Waals surface area contributed by atoms with Gasteiger partial charge in [-0.05, 0) is 36.8 Å². The highest BCUT2D eigenvalue weighted by atomic mass is 79.9. The fourth-order valence-electron chi connectivity index (χ4n) is 2.18. The molecule has 2 N–H and O–H groups in total. The Morgan fingerprint density at radius 1 is 1.15 bits per heavy atom. The van der Waals surface area contributed by atoms with Crippen LogP contribution in [-0.2, 0) is 0 Å². The van der Waals surface area contributed by atoms with E-state index in [1.54, 1.807) is 6.07 Å². The molecule has 0 fully saturated rings. The molecule has 2 aromatic carbocycles. The summed E-state index contributed by atoms with van der Waals surface area (Å²) in [5, 5.41) is 1.49. The Hall–Kier alpha value is -1.65. The lowest BCUT2D eigenvalue weighted by atomic mass is 10.1. The third-order valence-corrected chi connectivity index (χ3v) is 3.95. The number of nitrogen functional groups attached to an aromatic ring is 1. The van der Waals surface area contributed by atoms with E-state index in [0.29, 0.717) is 16.7 Å². The molecule has 3 rings (SSSR count). The van der Waals surface area contributed by atoms with Crippen LogP contribution in [0.3, 0.4) is 0 Å². The molecule has 0 spiro atoms. The van der Waals surface area contributed by atoms with Gasteiger partial charge in [-0.25, -0.2) is 9.97 Å². The number of aromatic nitrogens is 2. The average Bonchev–Trinajstić information content (AvgIpc) is 2.41. The first-order valence-electron chi connectivity index (χ1n) is 6.04. The minimum absolute atomic E-state index is 0.471. The van der Waals surface area contributed by atoms with Crippen LogP contribution in [0.4, 0.5) is 5.82 Å². The van der Waals surface area contributed by atoms with Crippen LogP contribution in [0.5, 0.6) is 0 Å². The van der Waals surface area contributed by atoms with Crippen LogP contribution < -0.4 is 5.73 Å². The zero-order valence-corrected chi connectivity index (χ0v) is 13.0. The van der Waals surface area contributed by atoms with Gasteiger partial charge in [-0.1, -0.05) is 39.7 Å². The molecular weight excluding hydrogens is 338 g/mol. The maximum Gasteiger partial charge on any atom is 0.163 e. The highest BCUT2D eigenvalue weighted by Crippen LogP contribution is 2.31. The summed E-state index contributed by atoms with van der Waals surface area (Å²) in [7, 11) is 0. The van der Waals surface area contributed by atoms with Gasteiger partial charge in [-0.3, -0.25) is 0 Å². The molecule has 20 heavy (non-hydrogen) atoms. The molecule has 3 aromatic rings. The minimum atomic E-state index is 0.471. The number of nitrogens with two attached hydrogens (primary N) is 1. The van der Waals surface area contributed by atoms with Gasteiger partial charge in [0.1, 0.15) is 5.82 Å². The lowest BCUT2D eigenvalue weighted by Gasteiger charge is -2.09. The summed E-state index contributed by atoms with van der Waals surface area (Å²) in [5.74, 6) is 1.01. The highest BCUT2D eigenvalue weighted by Gasteiger charge is 2.12. The predicted octanol–water partition coefficient (Wildman–Crippen LogP) is 4.60. The Labute approximate surface area is 129 Å². The number of fused-ring (bicyclic) bond motifs is 1.